The first-order chi connectivity index (χ1) is 7.70. The van der Waals surface area contributed by atoms with Gasteiger partial charge in [-0.2, -0.15) is 0 Å². The van der Waals surface area contributed by atoms with Crippen LogP contribution in [0.1, 0.15) is 24.2 Å². The van der Waals surface area contributed by atoms with Gasteiger partial charge in [0.05, 0.1) is 16.6 Å². The molecule has 6 heteroatoms. The molecule has 0 amide bonds. The van der Waals surface area contributed by atoms with E-state index in [1.165, 1.54) is 12.1 Å². The van der Waals surface area contributed by atoms with Gasteiger partial charge in [-0.25, -0.2) is 14.7 Å². The van der Waals surface area contributed by atoms with Crippen LogP contribution in [0.15, 0.2) is 18.2 Å². The monoisotopic (exact) mass is 225 g/mol. The fraction of sp³-hybridized carbons (Fsp3) is 0.200. The van der Waals surface area contributed by atoms with Gasteiger partial charge >= 0.3 is 5.97 Å². The zero-order chi connectivity index (χ0) is 12.1. The molecule has 86 valence electrons. The summed E-state index contributed by atoms with van der Waals surface area (Å²) in [5.41, 5.74) is 6.66. The van der Waals surface area contributed by atoms with Crippen LogP contribution < -0.4 is 5.73 Å². The van der Waals surface area contributed by atoms with E-state index < -0.39 is 5.97 Å². The highest BCUT2D eigenvalue weighted by Crippen LogP contribution is 2.15. The van der Waals surface area contributed by atoms with Crippen molar-refractivity contribution in [3.05, 3.63) is 23.8 Å². The van der Waals surface area contributed by atoms with Gasteiger partial charge in [-0.3, -0.25) is 0 Å². The van der Waals surface area contributed by atoms with E-state index in [0.717, 1.165) is 0 Å². The van der Waals surface area contributed by atoms with E-state index >= 15 is 0 Å². The highest BCUT2D eigenvalue weighted by molar-refractivity contribution is 5.93. The van der Waals surface area contributed by atoms with Crippen LogP contribution >= 0.6 is 0 Å². The van der Waals surface area contributed by atoms with Crippen LogP contribution in [0, 0.1) is 0 Å². The van der Waals surface area contributed by atoms with Gasteiger partial charge in [-0.15, -0.1) is 0 Å². The average Bonchev–Trinajstić information content (AvgIpc) is 2.69. The second kappa shape index (κ2) is 5.11. The van der Waals surface area contributed by atoms with Crippen molar-refractivity contribution in [2.24, 2.45) is 0 Å². The maximum Gasteiger partial charge on any atom is 0.379 e. The van der Waals surface area contributed by atoms with Gasteiger partial charge < -0.3 is 10.7 Å². The molecule has 0 aliphatic rings. The summed E-state index contributed by atoms with van der Waals surface area (Å²) in [6, 6.07) is 4.37. The molecule has 0 unspecified atom stereocenters. The normalized spacial score (nSPS) is 9.44. The topological polar surface area (TPSA) is 81.0 Å². The Kier molecular flexibility index (Phi) is 3.82. The number of hydrogen-bond donors (Lipinski definition) is 2. The van der Waals surface area contributed by atoms with E-state index in [1.54, 1.807) is 6.07 Å². The van der Waals surface area contributed by atoms with E-state index in [-0.39, 0.29) is 11.5 Å². The summed E-state index contributed by atoms with van der Waals surface area (Å²) in [5, 5.41) is 0. The van der Waals surface area contributed by atoms with Crippen LogP contribution in [-0.2, 0) is 4.94 Å². The number of halogens is 1. The number of carbonyl (C=O) groups excluding carboxylic acids is 1. The molecule has 0 spiro atoms. The van der Waals surface area contributed by atoms with Crippen LogP contribution in [0.4, 0.5) is 10.5 Å². The minimum absolute atomic E-state index is 0.101. The lowest BCUT2D eigenvalue weighted by Gasteiger charge is -1.93. The van der Waals surface area contributed by atoms with Gasteiger partial charge in [0, 0.05) is 4.53 Å². The molecule has 2 rings (SSSR count). The standard InChI is InChI=1S/C8H6FN3O2.C2H6/c9-14-7(13)4-1-2-5-6(3-4)12-8(10)11-5;1-2/h1-3H,(H3,10,11,12);1-2H3. The molecule has 0 saturated heterocycles. The Hall–Kier alpha value is -2.11. The highest BCUT2D eigenvalue weighted by Gasteiger charge is 2.09. The summed E-state index contributed by atoms with van der Waals surface area (Å²) >= 11 is 0. The van der Waals surface area contributed by atoms with E-state index in [1.807, 2.05) is 13.8 Å². The van der Waals surface area contributed by atoms with Crippen molar-refractivity contribution in [1.29, 1.82) is 0 Å². The molecule has 5 nitrogen and oxygen atoms in total. The molecule has 2 aromatic rings. The number of imidazole rings is 1. The number of H-pyrrole nitrogens is 1. The van der Waals surface area contributed by atoms with Crippen LogP contribution in [0.25, 0.3) is 11.0 Å². The molecule has 1 heterocycles. The lowest BCUT2D eigenvalue weighted by molar-refractivity contribution is -0.0787. The lowest BCUT2D eigenvalue weighted by atomic mass is 10.2. The zero-order valence-electron chi connectivity index (χ0n) is 8.95. The third kappa shape index (κ3) is 2.28. The number of nitrogens with one attached hydrogen (secondary N) is 1. The Morgan fingerprint density at radius 3 is 2.81 bits per heavy atom. The number of carbonyl (C=O) groups is 1. The first-order valence-corrected chi connectivity index (χ1v) is 4.79. The van der Waals surface area contributed by atoms with Gasteiger partial charge in [0.25, 0.3) is 0 Å². The van der Waals surface area contributed by atoms with E-state index in [9.17, 15) is 9.32 Å². The summed E-state index contributed by atoms with van der Waals surface area (Å²) in [7, 11) is 0. The Morgan fingerprint density at radius 1 is 1.50 bits per heavy atom. The maximum absolute atomic E-state index is 11.6. The average molecular weight is 225 g/mol. The summed E-state index contributed by atoms with van der Waals surface area (Å²) in [5.74, 6) is -0.800. The van der Waals surface area contributed by atoms with Gasteiger partial charge in [0.1, 0.15) is 0 Å². The predicted molar refractivity (Wildman–Crippen MR) is 58.4 cm³/mol. The van der Waals surface area contributed by atoms with Crippen LogP contribution in [-0.4, -0.2) is 15.9 Å². The van der Waals surface area contributed by atoms with E-state index in [2.05, 4.69) is 14.9 Å². The number of rotatable bonds is 1. The minimum Gasteiger partial charge on any atom is -0.369 e. The Bertz CT molecular complexity index is 496. The molecule has 0 radical (unpaired) electrons. The van der Waals surface area contributed by atoms with Crippen molar-refractivity contribution in [1.82, 2.24) is 9.97 Å². The van der Waals surface area contributed by atoms with Gasteiger partial charge in [-0.05, 0) is 18.2 Å². The van der Waals surface area contributed by atoms with Crippen molar-refractivity contribution < 1.29 is 14.3 Å². The van der Waals surface area contributed by atoms with Crippen molar-refractivity contribution >= 4 is 23.0 Å². The largest absolute Gasteiger partial charge is 0.379 e. The Balaban J connectivity index is 0.000000606. The zero-order valence-corrected chi connectivity index (χ0v) is 8.95. The van der Waals surface area contributed by atoms with Crippen molar-refractivity contribution in [2.45, 2.75) is 13.8 Å². The minimum atomic E-state index is -1.04. The van der Waals surface area contributed by atoms with Gasteiger partial charge in [0.15, 0.2) is 5.95 Å². The van der Waals surface area contributed by atoms with Gasteiger partial charge in [0.2, 0.25) is 0 Å². The first-order valence-electron chi connectivity index (χ1n) is 4.79. The van der Waals surface area contributed by atoms with E-state index in [4.69, 9.17) is 5.73 Å². The number of fused-ring (bicyclic) bond motifs is 1. The van der Waals surface area contributed by atoms with E-state index in [0.29, 0.717) is 11.0 Å². The molecular weight excluding hydrogens is 213 g/mol. The fourth-order valence-electron chi connectivity index (χ4n) is 1.20. The lowest BCUT2D eigenvalue weighted by Crippen LogP contribution is -1.97. The number of nitrogen functional groups attached to an aromatic ring is 1. The molecule has 0 saturated carbocycles. The molecular formula is C10H12FN3O2. The SMILES string of the molecule is CC.Nc1nc2ccc(C(=O)OF)cc2[nH]1. The number of aromatic nitrogens is 2. The Labute approximate surface area is 91.3 Å². The number of aromatic amines is 1. The third-order valence-electron chi connectivity index (χ3n) is 1.81. The summed E-state index contributed by atoms with van der Waals surface area (Å²) < 4.78 is 11.6. The molecule has 0 aliphatic carbocycles. The summed E-state index contributed by atoms with van der Waals surface area (Å²) in [6.45, 7) is 4.00. The van der Waals surface area contributed by atoms with Crippen molar-refractivity contribution in [2.75, 3.05) is 5.73 Å². The molecule has 1 aromatic carbocycles. The smallest absolute Gasteiger partial charge is 0.369 e. The van der Waals surface area contributed by atoms with Crippen molar-refractivity contribution in [3.63, 3.8) is 0 Å². The van der Waals surface area contributed by atoms with Crippen LogP contribution in [0.5, 0.6) is 0 Å². The number of nitrogens with two attached hydrogens (primary N) is 1. The molecule has 16 heavy (non-hydrogen) atoms. The quantitative estimate of drug-likeness (QED) is 0.779. The number of benzene rings is 1. The Morgan fingerprint density at radius 2 is 2.19 bits per heavy atom. The molecule has 0 bridgehead atoms. The number of hydrogen-bond acceptors (Lipinski definition) is 4. The van der Waals surface area contributed by atoms with Crippen molar-refractivity contribution in [3.8, 4) is 0 Å². The predicted octanol–water partition coefficient (Wildman–Crippen LogP) is 2.21. The fourth-order valence-corrected chi connectivity index (χ4v) is 1.20. The second-order valence-corrected chi connectivity index (χ2v) is 2.72. The molecule has 0 fully saturated rings. The van der Waals surface area contributed by atoms with Crippen LogP contribution in [0.2, 0.25) is 0 Å². The summed E-state index contributed by atoms with van der Waals surface area (Å²) in [4.78, 5) is 20.5. The van der Waals surface area contributed by atoms with Crippen LogP contribution in [0.3, 0.4) is 0 Å². The number of anilines is 1. The first kappa shape index (κ1) is 12.0. The molecule has 1 aromatic heterocycles. The molecule has 3 N–H and O–H groups in total. The third-order valence-corrected chi connectivity index (χ3v) is 1.81. The number of nitrogens with zero attached hydrogens (tertiary/aromatic N) is 1. The highest BCUT2D eigenvalue weighted by atomic mass is 19.3. The maximum atomic E-state index is 11.6. The molecule has 0 atom stereocenters. The molecule has 0 aliphatic heterocycles. The summed E-state index contributed by atoms with van der Waals surface area (Å²) in [6.07, 6.45) is 0. The van der Waals surface area contributed by atoms with Gasteiger partial charge in [-0.1, -0.05) is 13.8 Å². The second-order valence-electron chi connectivity index (χ2n) is 2.72.